The molecular formula is C18H26N4O3S. The predicted molar refractivity (Wildman–Crippen MR) is 100 cm³/mol. The SMILES string of the molecule is CCS(=O)(=O)NC[C@H]1CN(CCOCc2ccccc2)Cc2ccnn21. The molecule has 1 aliphatic rings. The summed E-state index contributed by atoms with van der Waals surface area (Å²) < 4.78 is 33.9. The summed E-state index contributed by atoms with van der Waals surface area (Å²) in [5.41, 5.74) is 2.26. The molecule has 1 aromatic carbocycles. The van der Waals surface area contributed by atoms with Gasteiger partial charge in [0.25, 0.3) is 0 Å². The van der Waals surface area contributed by atoms with Crippen molar-refractivity contribution in [3.8, 4) is 0 Å². The van der Waals surface area contributed by atoms with E-state index >= 15 is 0 Å². The van der Waals surface area contributed by atoms with Gasteiger partial charge in [0, 0.05) is 32.4 Å². The third-order valence-corrected chi connectivity index (χ3v) is 5.90. The van der Waals surface area contributed by atoms with Crippen LogP contribution in [0, 0.1) is 0 Å². The summed E-state index contributed by atoms with van der Waals surface area (Å²) >= 11 is 0. The van der Waals surface area contributed by atoms with Crippen molar-refractivity contribution in [1.29, 1.82) is 0 Å². The molecule has 8 heteroatoms. The van der Waals surface area contributed by atoms with E-state index in [1.54, 1.807) is 13.1 Å². The Kier molecular flexibility index (Phi) is 6.42. The fourth-order valence-electron chi connectivity index (χ4n) is 3.07. The molecule has 0 fully saturated rings. The molecule has 0 aliphatic carbocycles. The summed E-state index contributed by atoms with van der Waals surface area (Å²) in [7, 11) is -3.21. The van der Waals surface area contributed by atoms with Gasteiger partial charge in [0.05, 0.1) is 30.7 Å². The molecule has 2 aromatic rings. The second-order valence-corrected chi connectivity index (χ2v) is 8.54. The molecule has 0 spiro atoms. The van der Waals surface area contributed by atoms with Crippen molar-refractivity contribution in [3.05, 3.63) is 53.9 Å². The first-order valence-corrected chi connectivity index (χ1v) is 10.6. The van der Waals surface area contributed by atoms with Gasteiger partial charge in [0.2, 0.25) is 10.0 Å². The number of rotatable bonds is 9. The minimum absolute atomic E-state index is 0.0100. The van der Waals surface area contributed by atoms with Crippen molar-refractivity contribution in [2.45, 2.75) is 26.1 Å². The fourth-order valence-corrected chi connectivity index (χ4v) is 3.72. The summed E-state index contributed by atoms with van der Waals surface area (Å²) in [4.78, 5) is 2.28. The fraction of sp³-hybridized carbons (Fsp3) is 0.500. The van der Waals surface area contributed by atoms with Gasteiger partial charge in [0.15, 0.2) is 0 Å². The highest BCUT2D eigenvalue weighted by Crippen LogP contribution is 2.19. The lowest BCUT2D eigenvalue weighted by Gasteiger charge is -2.33. The Morgan fingerprint density at radius 1 is 1.27 bits per heavy atom. The number of nitrogens with one attached hydrogen (secondary N) is 1. The van der Waals surface area contributed by atoms with Crippen molar-refractivity contribution < 1.29 is 13.2 Å². The molecule has 0 bridgehead atoms. The van der Waals surface area contributed by atoms with Gasteiger partial charge in [-0.25, -0.2) is 13.1 Å². The van der Waals surface area contributed by atoms with E-state index in [4.69, 9.17) is 4.74 Å². The van der Waals surface area contributed by atoms with Crippen molar-refractivity contribution in [2.75, 3.05) is 32.0 Å². The van der Waals surface area contributed by atoms with Crippen molar-refractivity contribution in [2.24, 2.45) is 0 Å². The second-order valence-electron chi connectivity index (χ2n) is 6.45. The molecule has 1 atom stereocenters. The first-order chi connectivity index (χ1) is 12.6. The van der Waals surface area contributed by atoms with Crippen LogP contribution in [0.5, 0.6) is 0 Å². The Balaban J connectivity index is 1.51. The molecule has 0 unspecified atom stereocenters. The van der Waals surface area contributed by atoms with E-state index in [-0.39, 0.29) is 11.8 Å². The van der Waals surface area contributed by atoms with Crippen molar-refractivity contribution >= 4 is 10.0 Å². The second kappa shape index (κ2) is 8.77. The van der Waals surface area contributed by atoms with Crippen molar-refractivity contribution in [3.63, 3.8) is 0 Å². The molecule has 1 aromatic heterocycles. The summed E-state index contributed by atoms with van der Waals surface area (Å²) in [5, 5.41) is 4.36. The predicted octanol–water partition coefficient (Wildman–Crippen LogP) is 1.40. The van der Waals surface area contributed by atoms with Crippen LogP contribution in [0.1, 0.15) is 24.2 Å². The van der Waals surface area contributed by atoms with Gasteiger partial charge >= 0.3 is 0 Å². The minimum Gasteiger partial charge on any atom is -0.375 e. The van der Waals surface area contributed by atoms with Gasteiger partial charge in [0.1, 0.15) is 0 Å². The summed E-state index contributed by atoms with van der Waals surface area (Å²) in [6.45, 7) is 5.57. The number of nitrogens with zero attached hydrogens (tertiary/aromatic N) is 3. The molecule has 3 rings (SSSR count). The van der Waals surface area contributed by atoms with E-state index in [1.165, 1.54) is 0 Å². The van der Waals surface area contributed by atoms with Crippen LogP contribution in [0.4, 0.5) is 0 Å². The number of sulfonamides is 1. The van der Waals surface area contributed by atoms with Crippen LogP contribution in [0.3, 0.4) is 0 Å². The summed E-state index contributed by atoms with van der Waals surface area (Å²) in [6, 6.07) is 12.1. The molecule has 7 nitrogen and oxygen atoms in total. The van der Waals surface area contributed by atoms with Crippen LogP contribution in [-0.4, -0.2) is 55.1 Å². The number of aromatic nitrogens is 2. The number of fused-ring (bicyclic) bond motifs is 1. The van der Waals surface area contributed by atoms with Gasteiger partial charge in [-0.05, 0) is 18.6 Å². The Labute approximate surface area is 155 Å². The van der Waals surface area contributed by atoms with Crippen molar-refractivity contribution in [1.82, 2.24) is 19.4 Å². The molecule has 2 heterocycles. The average Bonchev–Trinajstić information content (AvgIpc) is 3.13. The van der Waals surface area contributed by atoms with Crippen LogP contribution >= 0.6 is 0 Å². The number of hydrogen-bond donors (Lipinski definition) is 1. The third-order valence-electron chi connectivity index (χ3n) is 4.54. The van der Waals surface area contributed by atoms with E-state index in [0.717, 1.165) is 30.9 Å². The lowest BCUT2D eigenvalue weighted by molar-refractivity contribution is 0.0758. The highest BCUT2D eigenvalue weighted by Gasteiger charge is 2.26. The topological polar surface area (TPSA) is 76.5 Å². The van der Waals surface area contributed by atoms with Gasteiger partial charge in [-0.15, -0.1) is 0 Å². The van der Waals surface area contributed by atoms with Gasteiger partial charge in [-0.1, -0.05) is 30.3 Å². The Morgan fingerprint density at radius 3 is 2.85 bits per heavy atom. The first kappa shape index (κ1) is 19.0. The molecule has 0 saturated carbocycles. The van der Waals surface area contributed by atoms with E-state index in [0.29, 0.717) is 19.8 Å². The van der Waals surface area contributed by atoms with E-state index in [1.807, 2.05) is 28.9 Å². The molecule has 0 amide bonds. The Hall–Kier alpha value is -1.74. The van der Waals surface area contributed by atoms with Crippen LogP contribution in [0.15, 0.2) is 42.6 Å². The lowest BCUT2D eigenvalue weighted by Crippen LogP contribution is -2.44. The molecule has 1 aliphatic heterocycles. The smallest absolute Gasteiger partial charge is 0.211 e. The molecule has 26 heavy (non-hydrogen) atoms. The zero-order valence-electron chi connectivity index (χ0n) is 15.0. The van der Waals surface area contributed by atoms with E-state index < -0.39 is 10.0 Å². The zero-order valence-corrected chi connectivity index (χ0v) is 15.9. The maximum atomic E-state index is 11.7. The normalized spacial score (nSPS) is 18.0. The highest BCUT2D eigenvalue weighted by molar-refractivity contribution is 7.89. The van der Waals surface area contributed by atoms with Gasteiger partial charge in [-0.3, -0.25) is 9.58 Å². The summed E-state index contributed by atoms with van der Waals surface area (Å²) in [5.74, 6) is 0.0860. The molecular weight excluding hydrogens is 352 g/mol. The molecule has 142 valence electrons. The number of ether oxygens (including phenoxy) is 1. The Morgan fingerprint density at radius 2 is 2.08 bits per heavy atom. The molecule has 0 radical (unpaired) electrons. The van der Waals surface area contributed by atoms with Crippen LogP contribution in [0.2, 0.25) is 0 Å². The Bertz CT molecular complexity index is 792. The summed E-state index contributed by atoms with van der Waals surface area (Å²) in [6.07, 6.45) is 1.77. The van der Waals surface area contributed by atoms with Crippen LogP contribution in [0.25, 0.3) is 0 Å². The van der Waals surface area contributed by atoms with E-state index in [2.05, 4.69) is 26.9 Å². The monoisotopic (exact) mass is 378 g/mol. The van der Waals surface area contributed by atoms with E-state index in [9.17, 15) is 8.42 Å². The molecule has 0 saturated heterocycles. The van der Waals surface area contributed by atoms with Crippen LogP contribution < -0.4 is 4.72 Å². The average molecular weight is 378 g/mol. The number of benzene rings is 1. The van der Waals surface area contributed by atoms with Gasteiger partial charge < -0.3 is 4.74 Å². The quantitative estimate of drug-likeness (QED) is 0.668. The van der Waals surface area contributed by atoms with Gasteiger partial charge in [-0.2, -0.15) is 5.10 Å². The minimum atomic E-state index is -3.21. The number of hydrogen-bond acceptors (Lipinski definition) is 5. The zero-order chi connectivity index (χ0) is 18.4. The lowest BCUT2D eigenvalue weighted by atomic mass is 10.2. The standard InChI is InChI=1S/C18H26N4O3S/c1-2-26(23,24)20-12-18-14-21(13-17-8-9-19-22(17)18)10-11-25-15-16-6-4-3-5-7-16/h3-9,18,20H,2,10-15H2,1H3/t18-/m0/s1. The highest BCUT2D eigenvalue weighted by atomic mass is 32.2. The van der Waals surface area contributed by atoms with Crippen LogP contribution in [-0.2, 0) is 27.9 Å². The maximum Gasteiger partial charge on any atom is 0.211 e. The maximum absolute atomic E-state index is 11.7. The largest absolute Gasteiger partial charge is 0.375 e. The molecule has 1 N–H and O–H groups in total. The third kappa shape index (κ3) is 5.14. The first-order valence-electron chi connectivity index (χ1n) is 8.91.